The zero-order chi connectivity index (χ0) is 24.2. The van der Waals surface area contributed by atoms with E-state index in [-0.39, 0.29) is 37.3 Å². The van der Waals surface area contributed by atoms with Gasteiger partial charge in [0.1, 0.15) is 17.4 Å². The normalized spacial score (nSPS) is 21.1. The smallest absolute Gasteiger partial charge is 0.354 e. The lowest BCUT2D eigenvalue weighted by Crippen LogP contribution is -2.69. The summed E-state index contributed by atoms with van der Waals surface area (Å²) in [5, 5.41) is 2.63. The van der Waals surface area contributed by atoms with Crippen molar-refractivity contribution in [2.45, 2.75) is 44.0 Å². The highest BCUT2D eigenvalue weighted by atomic mass is 32.1. The van der Waals surface area contributed by atoms with Crippen molar-refractivity contribution >= 4 is 34.8 Å². The first-order chi connectivity index (χ1) is 17.0. The summed E-state index contributed by atoms with van der Waals surface area (Å²) in [5.74, 6) is -0.256. The van der Waals surface area contributed by atoms with E-state index >= 15 is 0 Å². The summed E-state index contributed by atoms with van der Waals surface area (Å²) in [5.41, 5.74) is 0.986. The number of amides is 2. The number of ether oxygens (including phenoxy) is 2. The molecule has 0 N–H and O–H groups in total. The summed E-state index contributed by atoms with van der Waals surface area (Å²) in [6.45, 7) is -0.0442. The molecular formula is C26H23N3O5S. The Balaban J connectivity index is 1.29. The number of hydrogen-bond acceptors (Lipinski definition) is 7. The van der Waals surface area contributed by atoms with E-state index in [9.17, 15) is 14.4 Å². The van der Waals surface area contributed by atoms with Crippen LogP contribution in [0.2, 0.25) is 0 Å². The first-order valence-electron chi connectivity index (χ1n) is 11.5. The van der Waals surface area contributed by atoms with Crippen molar-refractivity contribution in [2.75, 3.05) is 12.0 Å². The van der Waals surface area contributed by atoms with Crippen molar-refractivity contribution in [1.82, 2.24) is 9.88 Å². The molecular weight excluding hydrogens is 466 g/mol. The zero-order valence-electron chi connectivity index (χ0n) is 19.1. The highest BCUT2D eigenvalue weighted by Gasteiger charge is 2.64. The van der Waals surface area contributed by atoms with Gasteiger partial charge in [-0.05, 0) is 37.1 Å². The number of hydrogen-bond donors (Lipinski definition) is 0. The molecule has 178 valence electrons. The number of carbonyl (C=O) groups excluding carboxylic acids is 3. The molecule has 1 aliphatic carbocycles. The number of carbonyl (C=O) groups is 3. The average molecular weight is 490 g/mol. The Morgan fingerprint density at radius 2 is 2.00 bits per heavy atom. The maximum Gasteiger partial charge on any atom is 0.354 e. The van der Waals surface area contributed by atoms with E-state index in [0.717, 1.165) is 29.2 Å². The first-order valence-corrected chi connectivity index (χ1v) is 12.4. The van der Waals surface area contributed by atoms with Gasteiger partial charge in [0.15, 0.2) is 0 Å². The van der Waals surface area contributed by atoms with Gasteiger partial charge in [0.2, 0.25) is 11.6 Å². The molecule has 3 aliphatic rings. The van der Waals surface area contributed by atoms with Gasteiger partial charge in [-0.3, -0.25) is 14.5 Å². The van der Waals surface area contributed by atoms with Gasteiger partial charge in [-0.2, -0.15) is 0 Å². The fourth-order valence-corrected chi connectivity index (χ4v) is 5.83. The Labute approximate surface area is 206 Å². The van der Waals surface area contributed by atoms with Crippen LogP contribution in [0.15, 0.2) is 53.9 Å². The van der Waals surface area contributed by atoms with Gasteiger partial charge in [-0.15, -0.1) is 11.3 Å². The van der Waals surface area contributed by atoms with Gasteiger partial charge < -0.3 is 14.4 Å². The van der Waals surface area contributed by atoms with Crippen molar-refractivity contribution < 1.29 is 23.9 Å². The van der Waals surface area contributed by atoms with Gasteiger partial charge in [-0.1, -0.05) is 24.3 Å². The summed E-state index contributed by atoms with van der Waals surface area (Å²) in [4.78, 5) is 48.0. The zero-order valence-corrected chi connectivity index (χ0v) is 19.9. The van der Waals surface area contributed by atoms with Crippen LogP contribution >= 0.6 is 11.3 Å². The average Bonchev–Trinajstić information content (AvgIpc) is 3.49. The standard InChI is InChI=1S/C26H23N3O5S/c1-33-19-6-4-5-16(13-19)23-27-17(15-35-23)14-34-25(32)26-12-11-22(30)29(26)21-8-3-2-7-20(21)24(31)28(26)18-9-10-18/h2-8,13,15,18H,9-12,14H2,1H3. The van der Waals surface area contributed by atoms with E-state index in [0.29, 0.717) is 16.9 Å². The van der Waals surface area contributed by atoms with Crippen LogP contribution in [0.1, 0.15) is 41.7 Å². The second kappa shape index (κ2) is 8.20. The van der Waals surface area contributed by atoms with Crippen LogP contribution in [0.25, 0.3) is 10.6 Å². The summed E-state index contributed by atoms with van der Waals surface area (Å²) >= 11 is 1.45. The molecule has 8 nitrogen and oxygen atoms in total. The Hall–Kier alpha value is -3.72. The summed E-state index contributed by atoms with van der Waals surface area (Å²) < 4.78 is 11.1. The highest BCUT2D eigenvalue weighted by molar-refractivity contribution is 7.13. The molecule has 2 aliphatic heterocycles. The van der Waals surface area contributed by atoms with Crippen molar-refractivity contribution in [2.24, 2.45) is 0 Å². The second-order valence-corrected chi connectivity index (χ2v) is 9.78. The van der Waals surface area contributed by atoms with E-state index in [1.54, 1.807) is 36.3 Å². The van der Waals surface area contributed by atoms with Gasteiger partial charge >= 0.3 is 5.97 Å². The third-order valence-corrected chi connectivity index (χ3v) is 7.70. The van der Waals surface area contributed by atoms with Crippen LogP contribution in [-0.2, 0) is 20.9 Å². The molecule has 6 rings (SSSR count). The Morgan fingerprint density at radius 1 is 1.17 bits per heavy atom. The fraction of sp³-hybridized carbons (Fsp3) is 0.308. The molecule has 3 heterocycles. The molecule has 2 fully saturated rings. The monoisotopic (exact) mass is 489 g/mol. The van der Waals surface area contributed by atoms with Gasteiger partial charge in [-0.25, -0.2) is 9.78 Å². The number of esters is 1. The maximum absolute atomic E-state index is 13.7. The lowest BCUT2D eigenvalue weighted by molar-refractivity contribution is -0.159. The third kappa shape index (κ3) is 3.41. The van der Waals surface area contributed by atoms with E-state index in [2.05, 4.69) is 4.98 Å². The van der Waals surface area contributed by atoms with Crippen LogP contribution in [0.3, 0.4) is 0 Å². The number of fused-ring (bicyclic) bond motifs is 3. The number of nitrogens with zero attached hydrogens (tertiary/aromatic N) is 3. The SMILES string of the molecule is COc1cccc(-c2nc(COC(=O)C34CCC(=O)N3c3ccccc3C(=O)N4C3CC3)cs2)c1. The second-order valence-electron chi connectivity index (χ2n) is 8.92. The quantitative estimate of drug-likeness (QED) is 0.486. The predicted molar refractivity (Wildman–Crippen MR) is 129 cm³/mol. The largest absolute Gasteiger partial charge is 0.497 e. The van der Waals surface area contributed by atoms with Crippen LogP contribution in [0, 0.1) is 0 Å². The number of rotatable bonds is 6. The minimum atomic E-state index is -1.45. The van der Waals surface area contributed by atoms with Crippen molar-refractivity contribution in [1.29, 1.82) is 0 Å². The Kier molecular flexibility index (Phi) is 5.10. The van der Waals surface area contributed by atoms with E-state index in [1.807, 2.05) is 29.6 Å². The lowest BCUT2D eigenvalue weighted by Gasteiger charge is -2.48. The molecule has 3 aromatic rings. The number of methoxy groups -OCH3 is 1. The molecule has 1 aromatic heterocycles. The topological polar surface area (TPSA) is 89.0 Å². The minimum Gasteiger partial charge on any atom is -0.497 e. The van der Waals surface area contributed by atoms with Crippen molar-refractivity contribution in [3.63, 3.8) is 0 Å². The van der Waals surface area contributed by atoms with Crippen LogP contribution < -0.4 is 9.64 Å². The molecule has 0 bridgehead atoms. The molecule has 35 heavy (non-hydrogen) atoms. The summed E-state index contributed by atoms with van der Waals surface area (Å²) in [6.07, 6.45) is 2.01. The number of benzene rings is 2. The van der Waals surface area contributed by atoms with E-state index in [4.69, 9.17) is 9.47 Å². The number of para-hydroxylation sites is 1. The van der Waals surface area contributed by atoms with Gasteiger partial charge in [0.25, 0.3) is 5.91 Å². The minimum absolute atomic E-state index is 0.0442. The molecule has 2 aromatic carbocycles. The van der Waals surface area contributed by atoms with Crippen LogP contribution in [0.4, 0.5) is 5.69 Å². The van der Waals surface area contributed by atoms with Crippen LogP contribution in [-0.4, -0.2) is 46.5 Å². The number of anilines is 1. The van der Waals surface area contributed by atoms with Crippen molar-refractivity contribution in [3.05, 3.63) is 65.2 Å². The van der Waals surface area contributed by atoms with E-state index in [1.165, 1.54) is 16.2 Å². The van der Waals surface area contributed by atoms with Gasteiger partial charge in [0.05, 0.1) is 24.1 Å². The predicted octanol–water partition coefficient (Wildman–Crippen LogP) is 4.00. The van der Waals surface area contributed by atoms with Gasteiger partial charge in [0, 0.05) is 29.8 Å². The molecule has 1 unspecified atom stereocenters. The molecule has 1 saturated heterocycles. The molecule has 2 amide bonds. The number of aromatic nitrogens is 1. The Morgan fingerprint density at radius 3 is 2.80 bits per heavy atom. The van der Waals surface area contributed by atoms with Crippen molar-refractivity contribution in [3.8, 4) is 16.3 Å². The molecule has 1 atom stereocenters. The van der Waals surface area contributed by atoms with E-state index < -0.39 is 11.6 Å². The van der Waals surface area contributed by atoms with Crippen LogP contribution in [0.5, 0.6) is 5.75 Å². The molecule has 0 radical (unpaired) electrons. The summed E-state index contributed by atoms with van der Waals surface area (Å²) in [6, 6.07) is 14.5. The first kappa shape index (κ1) is 21.8. The Bertz CT molecular complexity index is 1350. The number of thiazole rings is 1. The molecule has 9 heteroatoms. The summed E-state index contributed by atoms with van der Waals surface area (Å²) in [7, 11) is 1.61. The lowest BCUT2D eigenvalue weighted by atomic mass is 9.96. The maximum atomic E-state index is 13.7. The molecule has 0 spiro atoms. The fourth-order valence-electron chi connectivity index (χ4n) is 5.03. The third-order valence-electron chi connectivity index (χ3n) is 6.76. The molecule has 1 saturated carbocycles. The highest BCUT2D eigenvalue weighted by Crippen LogP contribution is 2.49.